The first-order chi connectivity index (χ1) is 11.4. The van der Waals surface area contributed by atoms with Gasteiger partial charge in [0.05, 0.1) is 16.8 Å². The lowest BCUT2D eigenvalue weighted by Gasteiger charge is -2.13. The number of rotatable bonds is 6. The van der Waals surface area contributed by atoms with Crippen LogP contribution in [0.3, 0.4) is 0 Å². The van der Waals surface area contributed by atoms with Gasteiger partial charge in [0.2, 0.25) is 0 Å². The van der Waals surface area contributed by atoms with E-state index in [1.807, 2.05) is 13.8 Å². The molecule has 1 amide bonds. The Morgan fingerprint density at radius 2 is 2.08 bits per heavy atom. The Morgan fingerprint density at radius 3 is 2.79 bits per heavy atom. The van der Waals surface area contributed by atoms with Crippen LogP contribution in [0.15, 0.2) is 24.3 Å². The number of esters is 1. The minimum atomic E-state index is -0.621. The summed E-state index contributed by atoms with van der Waals surface area (Å²) in [7, 11) is 0. The summed E-state index contributed by atoms with van der Waals surface area (Å²) in [4.78, 5) is 28.1. The van der Waals surface area contributed by atoms with E-state index >= 15 is 0 Å². The molecule has 1 N–H and O–H groups in total. The number of carbonyl (C=O) groups is 2. The van der Waals surface area contributed by atoms with Crippen molar-refractivity contribution < 1.29 is 18.7 Å². The minimum absolute atomic E-state index is 0.0418. The zero-order valence-electron chi connectivity index (χ0n) is 14.1. The van der Waals surface area contributed by atoms with E-state index in [2.05, 4.69) is 10.3 Å². The van der Waals surface area contributed by atoms with Crippen molar-refractivity contribution in [2.45, 2.75) is 39.7 Å². The van der Waals surface area contributed by atoms with E-state index in [-0.39, 0.29) is 29.9 Å². The fourth-order valence-electron chi connectivity index (χ4n) is 2.47. The molecule has 1 atom stereocenters. The van der Waals surface area contributed by atoms with Gasteiger partial charge in [0.25, 0.3) is 5.91 Å². The third-order valence-electron chi connectivity index (χ3n) is 3.65. The first kappa shape index (κ1) is 17.8. The van der Waals surface area contributed by atoms with E-state index in [1.165, 1.54) is 12.1 Å². The summed E-state index contributed by atoms with van der Waals surface area (Å²) in [6, 6.07) is 5.79. The monoisotopic (exact) mass is 332 g/mol. The number of aromatic nitrogens is 1. The molecule has 128 valence electrons. The number of carbonyl (C=O) groups excluding carboxylic acids is 2. The van der Waals surface area contributed by atoms with Crippen LogP contribution in [-0.2, 0) is 9.53 Å². The molecule has 0 aliphatic carbocycles. The maximum Gasteiger partial charge on any atom is 0.340 e. The van der Waals surface area contributed by atoms with Crippen molar-refractivity contribution in [3.8, 4) is 0 Å². The minimum Gasteiger partial charge on any atom is -0.452 e. The number of fused-ring (bicyclic) bond motifs is 1. The van der Waals surface area contributed by atoms with Crippen molar-refractivity contribution in [1.82, 2.24) is 10.3 Å². The highest BCUT2D eigenvalue weighted by Crippen LogP contribution is 2.18. The molecule has 0 fully saturated rings. The van der Waals surface area contributed by atoms with E-state index in [0.29, 0.717) is 16.6 Å². The van der Waals surface area contributed by atoms with Gasteiger partial charge in [-0.15, -0.1) is 0 Å². The van der Waals surface area contributed by atoms with E-state index in [9.17, 15) is 14.0 Å². The first-order valence-electron chi connectivity index (χ1n) is 7.94. The molecule has 0 aliphatic rings. The van der Waals surface area contributed by atoms with Crippen LogP contribution in [-0.4, -0.2) is 29.5 Å². The summed E-state index contributed by atoms with van der Waals surface area (Å²) in [5.74, 6) is -1.34. The number of aryl methyl sites for hydroxylation is 1. The molecular formula is C18H21FN2O3. The van der Waals surface area contributed by atoms with Crippen molar-refractivity contribution in [3.05, 3.63) is 41.3 Å². The van der Waals surface area contributed by atoms with Crippen LogP contribution in [0.4, 0.5) is 4.39 Å². The Bertz CT molecular complexity index is 761. The van der Waals surface area contributed by atoms with Crippen molar-refractivity contribution in [2.24, 2.45) is 0 Å². The number of ether oxygens (including phenoxy) is 1. The lowest BCUT2D eigenvalue weighted by Crippen LogP contribution is -2.35. The van der Waals surface area contributed by atoms with Gasteiger partial charge in [0.15, 0.2) is 6.61 Å². The Morgan fingerprint density at radius 1 is 1.33 bits per heavy atom. The molecule has 0 saturated carbocycles. The smallest absolute Gasteiger partial charge is 0.340 e. The fraction of sp³-hybridized carbons (Fsp3) is 0.389. The van der Waals surface area contributed by atoms with Crippen LogP contribution in [0.1, 0.15) is 42.7 Å². The van der Waals surface area contributed by atoms with E-state index in [1.54, 1.807) is 19.1 Å². The fourth-order valence-corrected chi connectivity index (χ4v) is 2.47. The van der Waals surface area contributed by atoms with E-state index in [4.69, 9.17) is 4.74 Å². The molecule has 6 heteroatoms. The Kier molecular flexibility index (Phi) is 5.84. The highest BCUT2D eigenvalue weighted by Gasteiger charge is 2.15. The highest BCUT2D eigenvalue weighted by atomic mass is 19.1. The molecule has 2 rings (SSSR count). The zero-order valence-corrected chi connectivity index (χ0v) is 14.1. The lowest BCUT2D eigenvalue weighted by molar-refractivity contribution is -0.124. The number of hydrogen-bond donors (Lipinski definition) is 1. The second-order valence-corrected chi connectivity index (χ2v) is 5.79. The Balaban J connectivity index is 2.04. The molecule has 1 heterocycles. The molecule has 24 heavy (non-hydrogen) atoms. The summed E-state index contributed by atoms with van der Waals surface area (Å²) < 4.78 is 18.3. The first-order valence-corrected chi connectivity index (χ1v) is 7.94. The molecule has 2 aromatic rings. The predicted octanol–water partition coefficient (Wildman–Crippen LogP) is 3.14. The van der Waals surface area contributed by atoms with E-state index in [0.717, 1.165) is 12.8 Å². The van der Waals surface area contributed by atoms with Crippen LogP contribution in [0, 0.1) is 12.7 Å². The van der Waals surface area contributed by atoms with Crippen molar-refractivity contribution in [2.75, 3.05) is 6.61 Å². The SMILES string of the molecule is CCCC(C)NC(=O)COC(=O)c1cc2ccc(F)cc2nc1C. The summed E-state index contributed by atoms with van der Waals surface area (Å²) in [6.45, 7) is 5.24. The standard InChI is InChI=1S/C18H21FN2O3/c1-4-5-11(2)20-17(22)10-24-18(23)15-8-13-6-7-14(19)9-16(13)21-12(15)3/h6-9,11H,4-5,10H2,1-3H3,(H,20,22). The van der Waals surface area contributed by atoms with Crippen LogP contribution in [0.5, 0.6) is 0 Å². The largest absolute Gasteiger partial charge is 0.452 e. The van der Waals surface area contributed by atoms with Crippen LogP contribution < -0.4 is 5.32 Å². The summed E-state index contributed by atoms with van der Waals surface area (Å²) in [6.07, 6.45) is 1.83. The van der Waals surface area contributed by atoms with Crippen LogP contribution in [0.2, 0.25) is 0 Å². The van der Waals surface area contributed by atoms with Gasteiger partial charge in [-0.25, -0.2) is 9.18 Å². The summed E-state index contributed by atoms with van der Waals surface area (Å²) >= 11 is 0. The third kappa shape index (κ3) is 4.50. The average Bonchev–Trinajstić information content (AvgIpc) is 2.52. The molecule has 1 aromatic carbocycles. The Hall–Kier alpha value is -2.50. The van der Waals surface area contributed by atoms with Crippen molar-refractivity contribution >= 4 is 22.8 Å². The summed E-state index contributed by atoms with van der Waals surface area (Å²) in [5.41, 5.74) is 1.16. The molecule has 1 unspecified atom stereocenters. The number of nitrogens with zero attached hydrogens (tertiary/aromatic N) is 1. The number of hydrogen-bond acceptors (Lipinski definition) is 4. The lowest BCUT2D eigenvalue weighted by atomic mass is 10.1. The van der Waals surface area contributed by atoms with Gasteiger partial charge in [0, 0.05) is 17.5 Å². The van der Waals surface area contributed by atoms with Gasteiger partial charge in [-0.1, -0.05) is 13.3 Å². The molecule has 0 aliphatic heterocycles. The number of amides is 1. The van der Waals surface area contributed by atoms with Crippen LogP contribution in [0.25, 0.3) is 10.9 Å². The van der Waals surface area contributed by atoms with Gasteiger partial charge in [-0.2, -0.15) is 0 Å². The number of nitrogens with one attached hydrogen (secondary N) is 1. The van der Waals surface area contributed by atoms with E-state index < -0.39 is 5.97 Å². The summed E-state index contributed by atoms with van der Waals surface area (Å²) in [5, 5.41) is 3.40. The van der Waals surface area contributed by atoms with Crippen LogP contribution >= 0.6 is 0 Å². The molecule has 5 nitrogen and oxygen atoms in total. The topological polar surface area (TPSA) is 68.3 Å². The Labute approximate surface area is 140 Å². The number of benzene rings is 1. The van der Waals surface area contributed by atoms with Gasteiger partial charge in [-0.05, 0) is 38.5 Å². The zero-order chi connectivity index (χ0) is 17.7. The second kappa shape index (κ2) is 7.86. The average molecular weight is 332 g/mol. The van der Waals surface area contributed by atoms with Gasteiger partial charge < -0.3 is 10.1 Å². The molecule has 0 bridgehead atoms. The molecule has 0 spiro atoms. The maximum atomic E-state index is 13.2. The van der Waals surface area contributed by atoms with Crippen molar-refractivity contribution in [3.63, 3.8) is 0 Å². The molecule has 0 radical (unpaired) electrons. The molecule has 1 aromatic heterocycles. The quantitative estimate of drug-likeness (QED) is 0.825. The molecular weight excluding hydrogens is 311 g/mol. The third-order valence-corrected chi connectivity index (χ3v) is 3.65. The van der Waals surface area contributed by atoms with Crippen molar-refractivity contribution in [1.29, 1.82) is 0 Å². The molecule has 0 saturated heterocycles. The number of pyridine rings is 1. The van der Waals surface area contributed by atoms with Gasteiger partial charge in [0.1, 0.15) is 5.82 Å². The second-order valence-electron chi connectivity index (χ2n) is 5.79. The van der Waals surface area contributed by atoms with Gasteiger partial charge >= 0.3 is 5.97 Å². The number of halogens is 1. The normalized spacial score (nSPS) is 12.0. The van der Waals surface area contributed by atoms with Gasteiger partial charge in [-0.3, -0.25) is 9.78 Å². The highest BCUT2D eigenvalue weighted by molar-refractivity contribution is 5.96. The maximum absolute atomic E-state index is 13.2. The predicted molar refractivity (Wildman–Crippen MR) is 89.2 cm³/mol.